The second kappa shape index (κ2) is 4.51. The molecule has 1 unspecified atom stereocenters. The molecule has 2 heterocycles. The highest BCUT2D eigenvalue weighted by molar-refractivity contribution is 5.93. The Kier molecular flexibility index (Phi) is 3.12. The molecule has 20 heavy (non-hydrogen) atoms. The molecule has 0 saturated heterocycles. The van der Waals surface area contributed by atoms with E-state index >= 15 is 0 Å². The summed E-state index contributed by atoms with van der Waals surface area (Å²) in [5, 5.41) is 38.2. The minimum atomic E-state index is -3.12. The summed E-state index contributed by atoms with van der Waals surface area (Å²) in [6.45, 7) is 0. The van der Waals surface area contributed by atoms with Crippen molar-refractivity contribution in [2.24, 2.45) is 0 Å². The molecular formula is C10H8O10. The van der Waals surface area contributed by atoms with E-state index in [2.05, 4.69) is 14.2 Å². The molecule has 0 aromatic carbocycles. The first-order chi connectivity index (χ1) is 9.25. The predicted octanol–water partition coefficient (Wildman–Crippen LogP) is -2.10. The average molecular weight is 288 g/mol. The van der Waals surface area contributed by atoms with Gasteiger partial charge >= 0.3 is 23.7 Å². The van der Waals surface area contributed by atoms with Crippen molar-refractivity contribution in [3.05, 3.63) is 23.7 Å². The van der Waals surface area contributed by atoms with Crippen molar-refractivity contribution < 1.29 is 49.0 Å². The van der Waals surface area contributed by atoms with Crippen LogP contribution in [0.2, 0.25) is 0 Å². The molecule has 108 valence electrons. The molecule has 0 radical (unpaired) electrons. The number of aliphatic hydroxyl groups excluding tert-OH is 3. The van der Waals surface area contributed by atoms with Gasteiger partial charge in [0.25, 0.3) is 6.29 Å². The Bertz CT molecular complexity index is 546. The summed E-state index contributed by atoms with van der Waals surface area (Å²) >= 11 is 0. The lowest BCUT2D eigenvalue weighted by atomic mass is 10.1. The van der Waals surface area contributed by atoms with Gasteiger partial charge in [0.1, 0.15) is 0 Å². The molecule has 0 amide bonds. The Morgan fingerprint density at radius 1 is 1.05 bits per heavy atom. The number of esters is 3. The lowest BCUT2D eigenvalue weighted by Crippen LogP contribution is -2.58. The quantitative estimate of drug-likeness (QED) is 0.311. The minimum absolute atomic E-state index is 0.580. The van der Waals surface area contributed by atoms with Crippen LogP contribution in [-0.2, 0) is 28.6 Å². The Labute approximate surface area is 110 Å². The number of cyclic esters (lactones) is 3. The standard InChI is InChI=1S/C10H8O10/c11-3-1-2-4(12)20-10(17,9(16)18-3)7-5(13)6(14)8(15)19-7/h1-2,7,9,13-14,16-17H/b2-1+/t7-,9?,10-/m0/s1. The monoisotopic (exact) mass is 288 g/mol. The van der Waals surface area contributed by atoms with Crippen LogP contribution in [0.25, 0.3) is 0 Å². The number of hydrogen-bond acceptors (Lipinski definition) is 10. The molecule has 0 aromatic heterocycles. The van der Waals surface area contributed by atoms with Gasteiger partial charge in [0.05, 0.1) is 0 Å². The first-order valence-electron chi connectivity index (χ1n) is 5.11. The van der Waals surface area contributed by atoms with Crippen LogP contribution in [0.3, 0.4) is 0 Å². The van der Waals surface area contributed by atoms with Crippen LogP contribution >= 0.6 is 0 Å². The van der Waals surface area contributed by atoms with E-state index in [1.54, 1.807) is 0 Å². The van der Waals surface area contributed by atoms with Crippen molar-refractivity contribution in [3.63, 3.8) is 0 Å². The zero-order valence-corrected chi connectivity index (χ0v) is 9.55. The summed E-state index contributed by atoms with van der Waals surface area (Å²) in [4.78, 5) is 33.4. The number of ether oxygens (including phenoxy) is 3. The maximum absolute atomic E-state index is 11.3. The van der Waals surface area contributed by atoms with Gasteiger partial charge in [-0.3, -0.25) is 0 Å². The maximum Gasteiger partial charge on any atom is 0.378 e. The molecule has 2 aliphatic heterocycles. The van der Waals surface area contributed by atoms with Crippen LogP contribution in [0.5, 0.6) is 0 Å². The van der Waals surface area contributed by atoms with E-state index < -0.39 is 47.6 Å². The molecule has 4 N–H and O–H groups in total. The second-order valence-electron chi connectivity index (χ2n) is 3.81. The van der Waals surface area contributed by atoms with Crippen molar-refractivity contribution in [1.82, 2.24) is 0 Å². The number of carbonyl (C=O) groups is 3. The van der Waals surface area contributed by atoms with E-state index in [1.165, 1.54) is 0 Å². The van der Waals surface area contributed by atoms with E-state index in [4.69, 9.17) is 5.11 Å². The molecule has 0 aromatic rings. The lowest BCUT2D eigenvalue weighted by molar-refractivity contribution is -0.328. The zero-order chi connectivity index (χ0) is 15.1. The van der Waals surface area contributed by atoms with Gasteiger partial charge in [-0.15, -0.1) is 0 Å². The van der Waals surface area contributed by atoms with E-state index in [9.17, 15) is 29.7 Å². The summed E-state index contributed by atoms with van der Waals surface area (Å²) < 4.78 is 13.1. The third kappa shape index (κ3) is 2.06. The molecule has 0 saturated carbocycles. The molecule has 0 fully saturated rings. The Hall–Kier alpha value is -2.59. The zero-order valence-electron chi connectivity index (χ0n) is 9.55. The lowest BCUT2D eigenvalue weighted by Gasteiger charge is -2.34. The molecule has 0 spiro atoms. The summed E-state index contributed by atoms with van der Waals surface area (Å²) in [5.74, 6) is -9.45. The van der Waals surface area contributed by atoms with E-state index in [0.29, 0.717) is 12.2 Å². The largest absolute Gasteiger partial charge is 0.505 e. The fourth-order valence-corrected chi connectivity index (χ4v) is 1.53. The summed E-state index contributed by atoms with van der Waals surface area (Å²) in [6, 6.07) is 0. The fraction of sp³-hybridized carbons (Fsp3) is 0.300. The number of carbonyl (C=O) groups excluding carboxylic acids is 3. The van der Waals surface area contributed by atoms with E-state index in [0.717, 1.165) is 0 Å². The SMILES string of the molecule is O=C1/C=C/C(=O)O[C@@](O)([C@H]2OC(=O)C(O)=C2O)C(O)O1. The number of hydrogen-bond donors (Lipinski definition) is 4. The van der Waals surface area contributed by atoms with Crippen LogP contribution in [0.1, 0.15) is 0 Å². The first kappa shape index (κ1) is 13.8. The molecule has 0 bridgehead atoms. The van der Waals surface area contributed by atoms with Gasteiger partial charge in [-0.2, -0.15) is 0 Å². The average Bonchev–Trinajstić information content (AvgIpc) is 2.63. The highest BCUT2D eigenvalue weighted by Crippen LogP contribution is 2.32. The third-order valence-corrected chi connectivity index (χ3v) is 2.49. The first-order valence-corrected chi connectivity index (χ1v) is 5.11. The van der Waals surface area contributed by atoms with Crippen LogP contribution in [0.15, 0.2) is 23.7 Å². The number of rotatable bonds is 1. The second-order valence-corrected chi connectivity index (χ2v) is 3.81. The third-order valence-electron chi connectivity index (χ3n) is 2.49. The normalized spacial score (nSPS) is 35.8. The van der Waals surface area contributed by atoms with Crippen LogP contribution in [-0.4, -0.2) is 56.5 Å². The highest BCUT2D eigenvalue weighted by Gasteiger charge is 2.58. The van der Waals surface area contributed by atoms with Gasteiger partial charge in [0, 0.05) is 12.2 Å². The van der Waals surface area contributed by atoms with Crippen molar-refractivity contribution >= 4 is 17.9 Å². The fourth-order valence-electron chi connectivity index (χ4n) is 1.53. The van der Waals surface area contributed by atoms with Crippen LogP contribution in [0.4, 0.5) is 0 Å². The molecule has 0 aliphatic carbocycles. The topological polar surface area (TPSA) is 160 Å². The molecule has 2 aliphatic rings. The predicted molar refractivity (Wildman–Crippen MR) is 54.4 cm³/mol. The van der Waals surface area contributed by atoms with Crippen LogP contribution in [0, 0.1) is 0 Å². The Balaban J connectivity index is 2.41. The van der Waals surface area contributed by atoms with Crippen molar-refractivity contribution in [2.45, 2.75) is 18.2 Å². The van der Waals surface area contributed by atoms with Crippen LogP contribution < -0.4 is 0 Å². The van der Waals surface area contributed by atoms with Gasteiger partial charge in [-0.25, -0.2) is 14.4 Å². The van der Waals surface area contributed by atoms with E-state index in [1.807, 2.05) is 0 Å². The van der Waals surface area contributed by atoms with Crippen molar-refractivity contribution in [1.29, 1.82) is 0 Å². The highest BCUT2D eigenvalue weighted by atomic mass is 16.7. The minimum Gasteiger partial charge on any atom is -0.505 e. The summed E-state index contributed by atoms with van der Waals surface area (Å²) in [5.41, 5.74) is 0. The molecular weight excluding hydrogens is 280 g/mol. The van der Waals surface area contributed by atoms with Gasteiger partial charge in [-0.05, 0) is 0 Å². The summed E-state index contributed by atoms with van der Waals surface area (Å²) in [6.07, 6.45) is -3.43. The molecule has 3 atom stereocenters. The van der Waals surface area contributed by atoms with Gasteiger partial charge in [0.2, 0.25) is 11.9 Å². The summed E-state index contributed by atoms with van der Waals surface area (Å²) in [7, 11) is 0. The van der Waals surface area contributed by atoms with E-state index in [-0.39, 0.29) is 0 Å². The number of aliphatic hydroxyl groups is 4. The Morgan fingerprint density at radius 2 is 1.65 bits per heavy atom. The smallest absolute Gasteiger partial charge is 0.378 e. The van der Waals surface area contributed by atoms with Gasteiger partial charge < -0.3 is 34.6 Å². The maximum atomic E-state index is 11.3. The van der Waals surface area contributed by atoms with Gasteiger partial charge in [-0.1, -0.05) is 0 Å². The van der Waals surface area contributed by atoms with Gasteiger partial charge in [0.15, 0.2) is 5.76 Å². The Morgan fingerprint density at radius 3 is 2.20 bits per heavy atom. The molecule has 10 heteroatoms. The molecule has 2 rings (SSSR count). The van der Waals surface area contributed by atoms with Crippen molar-refractivity contribution in [2.75, 3.05) is 0 Å². The molecule has 10 nitrogen and oxygen atoms in total. The van der Waals surface area contributed by atoms with Crippen molar-refractivity contribution in [3.8, 4) is 0 Å².